The van der Waals surface area contributed by atoms with Crippen LogP contribution in [0.2, 0.25) is 0 Å². The molecule has 0 atom stereocenters. The van der Waals surface area contributed by atoms with Crippen molar-refractivity contribution in [1.29, 1.82) is 0 Å². The largest absolute Gasteiger partial charge is 0.490 e. The molecule has 3 aromatic rings. The molecule has 0 saturated carbocycles. The van der Waals surface area contributed by atoms with Crippen LogP contribution in [0.15, 0.2) is 33.1 Å². The van der Waals surface area contributed by atoms with E-state index < -0.39 is 0 Å². The minimum Gasteiger partial charge on any atom is -0.490 e. The smallest absolute Gasteiger partial charge is 0.322 e. The van der Waals surface area contributed by atoms with Crippen molar-refractivity contribution in [1.82, 2.24) is 10.2 Å². The topological polar surface area (TPSA) is 90.4 Å². The minimum atomic E-state index is -0.143. The predicted octanol–water partition coefficient (Wildman–Crippen LogP) is 4.01. The number of hydrogen-bond donors (Lipinski definition) is 1. The number of anilines is 1. The van der Waals surface area contributed by atoms with E-state index in [4.69, 9.17) is 13.6 Å². The molecule has 0 bridgehead atoms. The van der Waals surface area contributed by atoms with E-state index in [2.05, 4.69) is 15.5 Å². The fourth-order valence-corrected chi connectivity index (χ4v) is 2.30. The Hall–Kier alpha value is -2.83. The lowest BCUT2D eigenvalue weighted by atomic mass is 10.2. The quantitative estimate of drug-likeness (QED) is 0.704. The van der Waals surface area contributed by atoms with E-state index in [0.717, 1.165) is 18.2 Å². The first-order chi connectivity index (χ1) is 11.7. The van der Waals surface area contributed by atoms with Crippen LogP contribution in [0.5, 0.6) is 5.75 Å². The number of furan rings is 1. The maximum atomic E-state index is 11.7. The van der Waals surface area contributed by atoms with Crippen molar-refractivity contribution in [2.24, 2.45) is 0 Å². The highest BCUT2D eigenvalue weighted by Gasteiger charge is 2.16. The maximum absolute atomic E-state index is 11.7. The number of hydrogen-bond acceptors (Lipinski definition) is 6. The van der Waals surface area contributed by atoms with Gasteiger partial charge in [-0.1, -0.05) is 30.6 Å². The summed E-state index contributed by atoms with van der Waals surface area (Å²) >= 11 is 0. The number of carbonyl (C=O) groups is 1. The normalized spacial score (nSPS) is 10.9. The Kier molecular flexibility index (Phi) is 4.79. The third kappa shape index (κ3) is 3.40. The molecule has 0 aliphatic heterocycles. The molecule has 0 aliphatic rings. The second kappa shape index (κ2) is 7.16. The summed E-state index contributed by atoms with van der Waals surface area (Å²) in [5, 5.41) is 11.2. The minimum absolute atomic E-state index is 0.0663. The van der Waals surface area contributed by atoms with Gasteiger partial charge in [0.15, 0.2) is 17.1 Å². The van der Waals surface area contributed by atoms with Crippen LogP contribution in [-0.4, -0.2) is 22.7 Å². The van der Waals surface area contributed by atoms with Crippen LogP contribution in [0.1, 0.15) is 33.1 Å². The van der Waals surface area contributed by atoms with Crippen LogP contribution >= 0.6 is 0 Å². The third-order valence-corrected chi connectivity index (χ3v) is 3.45. The van der Waals surface area contributed by atoms with Crippen molar-refractivity contribution >= 4 is 22.9 Å². The average molecular weight is 329 g/mol. The molecule has 24 heavy (non-hydrogen) atoms. The molecule has 1 N–H and O–H groups in total. The van der Waals surface area contributed by atoms with E-state index in [-0.39, 0.29) is 17.8 Å². The Morgan fingerprint density at radius 2 is 2.12 bits per heavy atom. The van der Waals surface area contributed by atoms with Gasteiger partial charge in [0.2, 0.25) is 5.91 Å². The molecule has 0 saturated heterocycles. The molecule has 0 fully saturated rings. The molecule has 2 aromatic heterocycles. The van der Waals surface area contributed by atoms with Gasteiger partial charge in [-0.15, -0.1) is 5.10 Å². The summed E-state index contributed by atoms with van der Waals surface area (Å²) in [5.74, 6) is 1.15. The number of aromatic nitrogens is 2. The van der Waals surface area contributed by atoms with Crippen molar-refractivity contribution < 1.29 is 18.4 Å². The van der Waals surface area contributed by atoms with Crippen LogP contribution in [0.4, 0.5) is 6.01 Å². The molecule has 7 nitrogen and oxygen atoms in total. The molecule has 2 heterocycles. The molecule has 3 rings (SSSR count). The van der Waals surface area contributed by atoms with Crippen LogP contribution in [0.3, 0.4) is 0 Å². The van der Waals surface area contributed by atoms with Crippen molar-refractivity contribution in [3.8, 4) is 17.4 Å². The number of fused-ring (bicyclic) bond motifs is 1. The molecule has 1 amide bonds. The van der Waals surface area contributed by atoms with Gasteiger partial charge < -0.3 is 13.6 Å². The van der Waals surface area contributed by atoms with Crippen molar-refractivity contribution in [2.75, 3.05) is 11.9 Å². The Labute approximate surface area is 139 Å². The van der Waals surface area contributed by atoms with Gasteiger partial charge in [0.1, 0.15) is 0 Å². The lowest BCUT2D eigenvalue weighted by Crippen LogP contribution is -2.11. The molecule has 0 radical (unpaired) electrons. The van der Waals surface area contributed by atoms with Gasteiger partial charge >= 0.3 is 6.01 Å². The highest BCUT2D eigenvalue weighted by molar-refractivity contribution is 5.89. The van der Waals surface area contributed by atoms with Gasteiger partial charge in [0.05, 0.1) is 6.61 Å². The summed E-state index contributed by atoms with van der Waals surface area (Å²) in [5.41, 5.74) is 0.626. The number of unbranched alkanes of at least 4 members (excludes halogenated alkanes) is 1. The van der Waals surface area contributed by atoms with Gasteiger partial charge in [-0.25, -0.2) is 0 Å². The number of rotatable bonds is 7. The van der Waals surface area contributed by atoms with E-state index in [9.17, 15) is 4.79 Å². The molecule has 0 aliphatic carbocycles. The highest BCUT2D eigenvalue weighted by Crippen LogP contribution is 2.33. The number of carbonyl (C=O) groups excluding carboxylic acids is 1. The van der Waals surface area contributed by atoms with Gasteiger partial charge in [-0.05, 0) is 25.5 Å². The number of para-hydroxylation sites is 1. The highest BCUT2D eigenvalue weighted by atomic mass is 16.5. The summed E-state index contributed by atoms with van der Waals surface area (Å²) in [6.45, 7) is 4.48. The van der Waals surface area contributed by atoms with Gasteiger partial charge in [0.25, 0.3) is 5.89 Å². The van der Waals surface area contributed by atoms with Crippen LogP contribution in [0.25, 0.3) is 22.6 Å². The van der Waals surface area contributed by atoms with E-state index in [1.54, 1.807) is 6.07 Å². The fourth-order valence-electron chi connectivity index (χ4n) is 2.30. The number of benzene rings is 1. The molecular formula is C17H19N3O4. The van der Waals surface area contributed by atoms with Crippen molar-refractivity contribution in [3.05, 3.63) is 24.3 Å². The Morgan fingerprint density at radius 3 is 2.92 bits per heavy atom. The number of amides is 1. The Morgan fingerprint density at radius 1 is 1.25 bits per heavy atom. The zero-order chi connectivity index (χ0) is 16.9. The molecular weight excluding hydrogens is 310 g/mol. The van der Waals surface area contributed by atoms with E-state index in [1.165, 1.54) is 0 Å². The summed E-state index contributed by atoms with van der Waals surface area (Å²) in [4.78, 5) is 11.7. The van der Waals surface area contributed by atoms with Crippen LogP contribution < -0.4 is 10.1 Å². The summed E-state index contributed by atoms with van der Waals surface area (Å²) in [6.07, 6.45) is 2.19. The average Bonchev–Trinajstić information content (AvgIpc) is 3.20. The van der Waals surface area contributed by atoms with E-state index >= 15 is 0 Å². The van der Waals surface area contributed by atoms with E-state index in [0.29, 0.717) is 30.1 Å². The first kappa shape index (κ1) is 16.0. The Balaban J connectivity index is 1.81. The lowest BCUT2D eigenvalue weighted by Gasteiger charge is -2.01. The predicted molar refractivity (Wildman–Crippen MR) is 88.8 cm³/mol. The van der Waals surface area contributed by atoms with Crippen LogP contribution in [-0.2, 0) is 4.79 Å². The SMILES string of the molecule is CCCCC(=O)Nc1nnc(-c2cc3cccc(OCC)c3o2)o1. The molecule has 1 aromatic carbocycles. The molecule has 0 spiro atoms. The Bertz CT molecular complexity index is 837. The summed E-state index contributed by atoms with van der Waals surface area (Å²) in [7, 11) is 0. The second-order valence-electron chi connectivity index (χ2n) is 5.28. The number of nitrogens with one attached hydrogen (secondary N) is 1. The summed E-state index contributed by atoms with van der Waals surface area (Å²) < 4.78 is 16.8. The van der Waals surface area contributed by atoms with Gasteiger partial charge in [0, 0.05) is 11.8 Å². The molecule has 126 valence electrons. The standard InChI is InChI=1S/C17H19N3O4/c1-3-5-9-14(21)18-17-20-19-16(24-17)13-10-11-7-6-8-12(22-4-2)15(11)23-13/h6-8,10H,3-5,9H2,1-2H3,(H,18,20,21). The molecule has 0 unspecified atom stereocenters. The van der Waals surface area contributed by atoms with Gasteiger partial charge in [-0.3, -0.25) is 10.1 Å². The van der Waals surface area contributed by atoms with Crippen LogP contribution in [0, 0.1) is 0 Å². The third-order valence-electron chi connectivity index (χ3n) is 3.45. The first-order valence-electron chi connectivity index (χ1n) is 8.00. The second-order valence-corrected chi connectivity index (χ2v) is 5.28. The number of ether oxygens (including phenoxy) is 1. The van der Waals surface area contributed by atoms with Crippen molar-refractivity contribution in [2.45, 2.75) is 33.1 Å². The molecule has 7 heteroatoms. The van der Waals surface area contributed by atoms with Crippen molar-refractivity contribution in [3.63, 3.8) is 0 Å². The van der Waals surface area contributed by atoms with Gasteiger partial charge in [-0.2, -0.15) is 0 Å². The summed E-state index contributed by atoms with van der Waals surface area (Å²) in [6, 6.07) is 7.51. The fraction of sp³-hybridized carbons (Fsp3) is 0.353. The number of nitrogens with zero attached hydrogens (tertiary/aromatic N) is 2. The van der Waals surface area contributed by atoms with E-state index in [1.807, 2.05) is 32.0 Å². The maximum Gasteiger partial charge on any atom is 0.322 e. The zero-order valence-corrected chi connectivity index (χ0v) is 13.7. The monoisotopic (exact) mass is 329 g/mol. The first-order valence-corrected chi connectivity index (χ1v) is 8.00. The lowest BCUT2D eigenvalue weighted by molar-refractivity contribution is -0.116. The zero-order valence-electron chi connectivity index (χ0n) is 13.7.